The van der Waals surface area contributed by atoms with Crippen LogP contribution in [0.15, 0.2) is 28.7 Å². The number of aliphatic carboxylic acids is 1. The van der Waals surface area contributed by atoms with Gasteiger partial charge in [0.1, 0.15) is 5.75 Å². The zero-order valence-electron chi connectivity index (χ0n) is 13.6. The number of benzene rings is 1. The van der Waals surface area contributed by atoms with Crippen LogP contribution in [0.5, 0.6) is 5.75 Å². The van der Waals surface area contributed by atoms with E-state index in [1.807, 2.05) is 0 Å². The van der Waals surface area contributed by atoms with Gasteiger partial charge in [0.15, 0.2) is 6.61 Å². The van der Waals surface area contributed by atoms with Crippen molar-refractivity contribution in [3.05, 3.63) is 28.7 Å². The molecule has 0 amide bonds. The standard InChI is InChI=1S/C16H19BrO7/c1-4-10(2)23-15(21)16(14(19)20,9-22-11(3)18)24-13-7-5-12(17)6-8-13/h5-8,10H,4,9H2,1-3H3,(H,19,20). The molecule has 2 atom stereocenters. The van der Waals surface area contributed by atoms with Crippen LogP contribution in [0.2, 0.25) is 0 Å². The van der Waals surface area contributed by atoms with E-state index in [4.69, 9.17) is 14.2 Å². The smallest absolute Gasteiger partial charge is 0.366 e. The highest BCUT2D eigenvalue weighted by Crippen LogP contribution is 2.24. The van der Waals surface area contributed by atoms with E-state index in [1.54, 1.807) is 26.0 Å². The number of carboxylic acids is 1. The number of carbonyl (C=O) groups is 3. The molecule has 24 heavy (non-hydrogen) atoms. The molecule has 7 nitrogen and oxygen atoms in total. The van der Waals surface area contributed by atoms with Gasteiger partial charge in [-0.05, 0) is 37.6 Å². The van der Waals surface area contributed by atoms with E-state index >= 15 is 0 Å². The normalized spacial score (nSPS) is 14.2. The van der Waals surface area contributed by atoms with E-state index in [2.05, 4.69) is 15.9 Å². The molecule has 0 aromatic heterocycles. The highest BCUT2D eigenvalue weighted by Gasteiger charge is 2.53. The van der Waals surface area contributed by atoms with Crippen LogP contribution in [0.4, 0.5) is 0 Å². The average Bonchev–Trinajstić information content (AvgIpc) is 2.52. The summed E-state index contributed by atoms with van der Waals surface area (Å²) in [5, 5.41) is 9.58. The van der Waals surface area contributed by atoms with Gasteiger partial charge in [0, 0.05) is 11.4 Å². The van der Waals surface area contributed by atoms with E-state index in [0.717, 1.165) is 11.4 Å². The third-order valence-corrected chi connectivity index (χ3v) is 3.67. The summed E-state index contributed by atoms with van der Waals surface area (Å²) in [6, 6.07) is 6.19. The molecule has 2 unspecified atom stereocenters. The number of halogens is 1. The summed E-state index contributed by atoms with van der Waals surface area (Å²) in [5.41, 5.74) is -2.48. The average molecular weight is 403 g/mol. The second-order valence-electron chi connectivity index (χ2n) is 5.09. The van der Waals surface area contributed by atoms with Crippen LogP contribution in [0.1, 0.15) is 27.2 Å². The van der Waals surface area contributed by atoms with Crippen LogP contribution in [0.3, 0.4) is 0 Å². The monoisotopic (exact) mass is 402 g/mol. The third-order valence-electron chi connectivity index (χ3n) is 3.14. The van der Waals surface area contributed by atoms with E-state index in [0.29, 0.717) is 6.42 Å². The maximum Gasteiger partial charge on any atom is 0.366 e. The Hall–Kier alpha value is -2.09. The Bertz CT molecular complexity index is 599. The summed E-state index contributed by atoms with van der Waals surface area (Å²) in [6.45, 7) is 3.70. The molecule has 0 saturated heterocycles. The van der Waals surface area contributed by atoms with Gasteiger partial charge in [0.25, 0.3) is 0 Å². The first-order valence-electron chi connectivity index (χ1n) is 7.23. The first kappa shape index (κ1) is 20.0. The zero-order chi connectivity index (χ0) is 18.3. The molecule has 0 aliphatic heterocycles. The van der Waals surface area contributed by atoms with E-state index in [9.17, 15) is 19.5 Å². The Balaban J connectivity index is 3.18. The minimum Gasteiger partial charge on any atom is -0.478 e. The van der Waals surface area contributed by atoms with Crippen molar-refractivity contribution >= 4 is 33.8 Å². The largest absolute Gasteiger partial charge is 0.478 e. The van der Waals surface area contributed by atoms with Crippen molar-refractivity contribution in [3.63, 3.8) is 0 Å². The highest BCUT2D eigenvalue weighted by molar-refractivity contribution is 9.10. The van der Waals surface area contributed by atoms with Crippen molar-refractivity contribution in [1.82, 2.24) is 0 Å². The van der Waals surface area contributed by atoms with Gasteiger partial charge in [-0.3, -0.25) is 4.79 Å². The summed E-state index contributed by atoms with van der Waals surface area (Å²) >= 11 is 3.24. The molecule has 1 rings (SSSR count). The van der Waals surface area contributed by atoms with Crippen molar-refractivity contribution in [2.45, 2.75) is 38.9 Å². The van der Waals surface area contributed by atoms with Crippen molar-refractivity contribution < 1.29 is 33.7 Å². The van der Waals surface area contributed by atoms with Crippen molar-refractivity contribution in [2.75, 3.05) is 6.61 Å². The molecule has 1 aromatic carbocycles. The van der Waals surface area contributed by atoms with Gasteiger partial charge in [0.05, 0.1) is 6.10 Å². The number of carboxylic acid groups (broad SMARTS) is 1. The lowest BCUT2D eigenvalue weighted by Crippen LogP contribution is -2.57. The van der Waals surface area contributed by atoms with Gasteiger partial charge in [-0.1, -0.05) is 22.9 Å². The molecule has 1 aromatic rings. The fourth-order valence-corrected chi connectivity index (χ4v) is 1.86. The zero-order valence-corrected chi connectivity index (χ0v) is 15.2. The molecule has 1 N–H and O–H groups in total. The number of hydrogen-bond donors (Lipinski definition) is 1. The van der Waals surface area contributed by atoms with Gasteiger partial charge < -0.3 is 19.3 Å². The Morgan fingerprint density at radius 2 is 1.83 bits per heavy atom. The summed E-state index contributed by atoms with van der Waals surface area (Å²) in [5.74, 6) is -3.36. The molecular formula is C16H19BrO7. The molecule has 0 spiro atoms. The van der Waals surface area contributed by atoms with E-state index in [1.165, 1.54) is 12.1 Å². The van der Waals surface area contributed by atoms with Crippen LogP contribution in [0, 0.1) is 0 Å². The minimum absolute atomic E-state index is 0.119. The fraction of sp³-hybridized carbons (Fsp3) is 0.438. The summed E-state index contributed by atoms with van der Waals surface area (Å²) in [7, 11) is 0. The van der Waals surface area contributed by atoms with Crippen LogP contribution in [-0.2, 0) is 23.9 Å². The fourth-order valence-electron chi connectivity index (χ4n) is 1.59. The molecule has 0 fully saturated rings. The molecule has 0 bridgehead atoms. The second kappa shape index (κ2) is 8.68. The quantitative estimate of drug-likeness (QED) is 0.526. The Morgan fingerprint density at radius 1 is 1.25 bits per heavy atom. The lowest BCUT2D eigenvalue weighted by Gasteiger charge is -2.28. The molecular weight excluding hydrogens is 384 g/mol. The summed E-state index contributed by atoms with van der Waals surface area (Å²) < 4.78 is 16.0. The second-order valence-corrected chi connectivity index (χ2v) is 6.01. The number of ether oxygens (including phenoxy) is 3. The highest BCUT2D eigenvalue weighted by atomic mass is 79.9. The lowest BCUT2D eigenvalue weighted by atomic mass is 10.1. The minimum atomic E-state index is -2.48. The number of rotatable bonds is 8. The van der Waals surface area contributed by atoms with Gasteiger partial charge in [0.2, 0.25) is 0 Å². The Labute approximate surface area is 148 Å². The molecule has 0 heterocycles. The van der Waals surface area contributed by atoms with Crippen LogP contribution in [0.25, 0.3) is 0 Å². The molecule has 132 valence electrons. The number of carbonyl (C=O) groups excluding carboxylic acids is 2. The Kier molecular flexibility index (Phi) is 7.21. The van der Waals surface area contributed by atoms with Crippen molar-refractivity contribution in [3.8, 4) is 5.75 Å². The van der Waals surface area contributed by atoms with Crippen molar-refractivity contribution in [1.29, 1.82) is 0 Å². The van der Waals surface area contributed by atoms with Crippen LogP contribution >= 0.6 is 15.9 Å². The number of esters is 2. The predicted octanol–water partition coefficient (Wildman–Crippen LogP) is 2.56. The predicted molar refractivity (Wildman–Crippen MR) is 87.6 cm³/mol. The SMILES string of the molecule is CCC(C)OC(=O)C(COC(C)=O)(Oc1ccc(Br)cc1)C(=O)O. The molecule has 0 radical (unpaired) electrons. The third kappa shape index (κ3) is 5.23. The van der Waals surface area contributed by atoms with Gasteiger partial charge in [-0.25, -0.2) is 9.59 Å². The van der Waals surface area contributed by atoms with E-state index < -0.39 is 36.2 Å². The van der Waals surface area contributed by atoms with Crippen LogP contribution < -0.4 is 4.74 Å². The topological polar surface area (TPSA) is 99.1 Å². The molecule has 0 aliphatic carbocycles. The van der Waals surface area contributed by atoms with Gasteiger partial charge in [-0.2, -0.15) is 0 Å². The summed E-state index contributed by atoms with van der Waals surface area (Å²) in [4.78, 5) is 35.3. The molecule has 0 saturated carbocycles. The van der Waals surface area contributed by atoms with Crippen LogP contribution in [-0.4, -0.2) is 41.3 Å². The Morgan fingerprint density at radius 3 is 2.29 bits per heavy atom. The lowest BCUT2D eigenvalue weighted by molar-refractivity contribution is -0.186. The first-order chi connectivity index (χ1) is 11.2. The summed E-state index contributed by atoms with van der Waals surface area (Å²) in [6.07, 6.45) is -0.0186. The molecule has 0 aliphatic rings. The number of hydrogen-bond acceptors (Lipinski definition) is 6. The van der Waals surface area contributed by atoms with Gasteiger partial charge >= 0.3 is 23.5 Å². The van der Waals surface area contributed by atoms with Gasteiger partial charge in [-0.15, -0.1) is 0 Å². The maximum absolute atomic E-state index is 12.4. The maximum atomic E-state index is 12.4. The van der Waals surface area contributed by atoms with E-state index in [-0.39, 0.29) is 5.75 Å². The van der Waals surface area contributed by atoms with Crippen molar-refractivity contribution in [2.24, 2.45) is 0 Å². The molecule has 8 heteroatoms. The first-order valence-corrected chi connectivity index (χ1v) is 8.03.